The van der Waals surface area contributed by atoms with Crippen LogP contribution in [-0.2, 0) is 23.2 Å². The summed E-state index contributed by atoms with van der Waals surface area (Å²) in [4.78, 5) is 18.0. The van der Waals surface area contributed by atoms with Gasteiger partial charge in [0.15, 0.2) is 0 Å². The lowest BCUT2D eigenvalue weighted by Gasteiger charge is -2.20. The van der Waals surface area contributed by atoms with E-state index >= 15 is 0 Å². The average Bonchev–Trinajstić information content (AvgIpc) is 3.08. The van der Waals surface area contributed by atoms with Gasteiger partial charge in [-0.3, -0.25) is 9.48 Å². The molecule has 1 aromatic heterocycles. The number of amides is 1. The molecule has 3 rings (SSSR count). The second-order valence-electron chi connectivity index (χ2n) is 6.50. The molecule has 0 saturated carbocycles. The van der Waals surface area contributed by atoms with Gasteiger partial charge in [0.2, 0.25) is 5.60 Å². The normalized spacial score (nSPS) is 19.5. The lowest BCUT2D eigenvalue weighted by molar-refractivity contribution is -0.141. The zero-order valence-electron chi connectivity index (χ0n) is 14.8. The van der Waals surface area contributed by atoms with Crippen molar-refractivity contribution in [2.24, 2.45) is 12.2 Å². The summed E-state index contributed by atoms with van der Waals surface area (Å²) in [6.45, 7) is 5.96. The number of oxime groups is 1. The fraction of sp³-hybridized carbons (Fsp3) is 0.389. The number of nitrogens with zero attached hydrogens (tertiary/aromatic N) is 3. The van der Waals surface area contributed by atoms with Gasteiger partial charge in [-0.05, 0) is 38.5 Å². The first-order chi connectivity index (χ1) is 11.8. The summed E-state index contributed by atoms with van der Waals surface area (Å²) < 4.78 is 14.8. The zero-order chi connectivity index (χ0) is 18.2. The van der Waals surface area contributed by atoms with E-state index in [9.17, 15) is 9.18 Å². The molecule has 25 heavy (non-hydrogen) atoms. The first-order valence-corrected chi connectivity index (χ1v) is 8.08. The Morgan fingerprint density at radius 3 is 2.64 bits per heavy atom. The molecule has 1 aliphatic rings. The van der Waals surface area contributed by atoms with Gasteiger partial charge in [-0.2, -0.15) is 5.10 Å². The minimum absolute atomic E-state index is 0.240. The Morgan fingerprint density at radius 2 is 2.04 bits per heavy atom. The van der Waals surface area contributed by atoms with Gasteiger partial charge >= 0.3 is 0 Å². The summed E-state index contributed by atoms with van der Waals surface area (Å²) >= 11 is 0. The van der Waals surface area contributed by atoms with Gasteiger partial charge in [-0.15, -0.1) is 0 Å². The number of aryl methyl sites for hydroxylation is 2. The highest BCUT2D eigenvalue weighted by molar-refractivity contribution is 6.05. The molecule has 132 valence electrons. The van der Waals surface area contributed by atoms with Crippen LogP contribution in [0.2, 0.25) is 0 Å². The quantitative estimate of drug-likeness (QED) is 0.926. The predicted octanol–water partition coefficient (Wildman–Crippen LogP) is 2.38. The minimum Gasteiger partial charge on any atom is -0.379 e. The molecule has 0 bridgehead atoms. The van der Waals surface area contributed by atoms with Gasteiger partial charge in [-0.25, -0.2) is 4.39 Å². The van der Waals surface area contributed by atoms with E-state index in [4.69, 9.17) is 4.84 Å². The summed E-state index contributed by atoms with van der Waals surface area (Å²) in [6, 6.07) is 5.98. The van der Waals surface area contributed by atoms with E-state index in [0.29, 0.717) is 18.7 Å². The van der Waals surface area contributed by atoms with Crippen LogP contribution in [0.5, 0.6) is 0 Å². The van der Waals surface area contributed by atoms with E-state index in [1.807, 2.05) is 20.9 Å². The maximum absolute atomic E-state index is 13.0. The molecule has 2 aromatic rings. The van der Waals surface area contributed by atoms with Gasteiger partial charge < -0.3 is 10.2 Å². The van der Waals surface area contributed by atoms with Crippen molar-refractivity contribution in [3.05, 3.63) is 52.6 Å². The monoisotopic (exact) mass is 344 g/mol. The Kier molecular flexibility index (Phi) is 4.32. The van der Waals surface area contributed by atoms with Crippen molar-refractivity contribution >= 4 is 11.6 Å². The molecule has 0 aliphatic carbocycles. The SMILES string of the molecule is Cc1nn(C)c(C)c1CNC(=O)[C@]1(C)CC(c2ccc(F)cc2)=NO1. The first kappa shape index (κ1) is 17.1. The third-order valence-electron chi connectivity index (χ3n) is 4.60. The molecule has 6 nitrogen and oxygen atoms in total. The van der Waals surface area contributed by atoms with Crippen LogP contribution in [0.1, 0.15) is 35.9 Å². The standard InChI is InChI=1S/C18H21FN4O2/c1-11-15(12(2)23(4)21-11)10-20-17(24)18(3)9-16(22-25-18)13-5-7-14(19)8-6-13/h5-8H,9-10H2,1-4H3,(H,20,24)/t18-/m0/s1. The largest absolute Gasteiger partial charge is 0.379 e. The van der Waals surface area contributed by atoms with Crippen LogP contribution < -0.4 is 5.32 Å². The van der Waals surface area contributed by atoms with Crippen LogP contribution in [0.3, 0.4) is 0 Å². The lowest BCUT2D eigenvalue weighted by atomic mass is 9.95. The van der Waals surface area contributed by atoms with Crippen molar-refractivity contribution in [1.82, 2.24) is 15.1 Å². The predicted molar refractivity (Wildman–Crippen MR) is 91.6 cm³/mol. The topological polar surface area (TPSA) is 68.5 Å². The van der Waals surface area contributed by atoms with Crippen molar-refractivity contribution in [3.8, 4) is 0 Å². The van der Waals surface area contributed by atoms with Crippen molar-refractivity contribution in [2.75, 3.05) is 0 Å². The second-order valence-corrected chi connectivity index (χ2v) is 6.50. The van der Waals surface area contributed by atoms with Crippen LogP contribution in [0.4, 0.5) is 4.39 Å². The third-order valence-corrected chi connectivity index (χ3v) is 4.60. The number of carbonyl (C=O) groups is 1. The molecule has 0 unspecified atom stereocenters. The first-order valence-electron chi connectivity index (χ1n) is 8.08. The molecule has 0 saturated heterocycles. The second kappa shape index (κ2) is 6.31. The highest BCUT2D eigenvalue weighted by Gasteiger charge is 2.42. The Labute approximate surface area is 145 Å². The number of nitrogens with one attached hydrogen (secondary N) is 1. The van der Waals surface area contributed by atoms with E-state index in [1.54, 1.807) is 23.7 Å². The molecule has 0 radical (unpaired) electrons. The van der Waals surface area contributed by atoms with Gasteiger partial charge in [0, 0.05) is 31.3 Å². The fourth-order valence-corrected chi connectivity index (χ4v) is 2.89. The molecule has 7 heteroatoms. The highest BCUT2D eigenvalue weighted by Crippen LogP contribution is 2.27. The Hall–Kier alpha value is -2.70. The molecular formula is C18H21FN4O2. The van der Waals surface area contributed by atoms with Gasteiger partial charge in [0.25, 0.3) is 5.91 Å². The molecule has 1 amide bonds. The molecule has 1 aliphatic heterocycles. The number of hydrogen-bond donors (Lipinski definition) is 1. The summed E-state index contributed by atoms with van der Waals surface area (Å²) in [5.74, 6) is -0.554. The van der Waals surface area contributed by atoms with E-state index in [-0.39, 0.29) is 11.7 Å². The zero-order valence-corrected chi connectivity index (χ0v) is 14.8. The molecule has 1 N–H and O–H groups in total. The third kappa shape index (κ3) is 3.26. The van der Waals surface area contributed by atoms with Crippen LogP contribution in [0, 0.1) is 19.7 Å². The average molecular weight is 344 g/mol. The number of aromatic nitrogens is 2. The van der Waals surface area contributed by atoms with E-state index in [2.05, 4.69) is 15.6 Å². The van der Waals surface area contributed by atoms with E-state index in [0.717, 1.165) is 22.5 Å². The van der Waals surface area contributed by atoms with Crippen molar-refractivity contribution < 1.29 is 14.0 Å². The maximum atomic E-state index is 13.0. The van der Waals surface area contributed by atoms with Crippen molar-refractivity contribution in [2.45, 2.75) is 39.3 Å². The molecule has 0 spiro atoms. The van der Waals surface area contributed by atoms with E-state index < -0.39 is 5.60 Å². The van der Waals surface area contributed by atoms with Crippen LogP contribution in [0.25, 0.3) is 0 Å². The van der Waals surface area contributed by atoms with Crippen LogP contribution in [0.15, 0.2) is 29.4 Å². The smallest absolute Gasteiger partial charge is 0.267 e. The number of carbonyl (C=O) groups excluding carboxylic acids is 1. The Morgan fingerprint density at radius 1 is 1.36 bits per heavy atom. The molecule has 1 atom stereocenters. The number of benzene rings is 1. The Bertz CT molecular complexity index is 842. The van der Waals surface area contributed by atoms with Gasteiger partial charge in [0.1, 0.15) is 5.82 Å². The van der Waals surface area contributed by atoms with Gasteiger partial charge in [0.05, 0.1) is 11.4 Å². The maximum Gasteiger partial charge on any atom is 0.267 e. The summed E-state index contributed by atoms with van der Waals surface area (Å²) in [5.41, 5.74) is 3.20. The summed E-state index contributed by atoms with van der Waals surface area (Å²) in [6.07, 6.45) is 0.329. The summed E-state index contributed by atoms with van der Waals surface area (Å²) in [7, 11) is 1.87. The van der Waals surface area contributed by atoms with Gasteiger partial charge in [-0.1, -0.05) is 17.3 Å². The van der Waals surface area contributed by atoms with Crippen LogP contribution >= 0.6 is 0 Å². The Balaban J connectivity index is 1.66. The van der Waals surface area contributed by atoms with E-state index in [1.165, 1.54) is 12.1 Å². The fourth-order valence-electron chi connectivity index (χ4n) is 2.89. The van der Waals surface area contributed by atoms with Crippen molar-refractivity contribution in [3.63, 3.8) is 0 Å². The number of hydrogen-bond acceptors (Lipinski definition) is 4. The lowest BCUT2D eigenvalue weighted by Crippen LogP contribution is -2.44. The van der Waals surface area contributed by atoms with Crippen LogP contribution in [-0.4, -0.2) is 27.0 Å². The number of rotatable bonds is 4. The molecular weight excluding hydrogens is 323 g/mol. The molecule has 0 fully saturated rings. The minimum atomic E-state index is -1.08. The molecule has 1 aromatic carbocycles. The summed E-state index contributed by atoms with van der Waals surface area (Å²) in [5, 5.41) is 11.3. The van der Waals surface area contributed by atoms with Crippen molar-refractivity contribution in [1.29, 1.82) is 0 Å². The molecule has 2 heterocycles. The number of halogens is 1. The highest BCUT2D eigenvalue weighted by atomic mass is 19.1.